The predicted molar refractivity (Wildman–Crippen MR) is 116 cm³/mol. The topological polar surface area (TPSA) is 142 Å². The third kappa shape index (κ3) is 3.63. The fourth-order valence-corrected chi connectivity index (χ4v) is 4.11. The Kier molecular flexibility index (Phi) is 5.99. The van der Waals surface area contributed by atoms with Crippen LogP contribution in [0.1, 0.15) is 47.7 Å². The molecule has 0 saturated heterocycles. The van der Waals surface area contributed by atoms with Crippen LogP contribution in [0.3, 0.4) is 0 Å². The van der Waals surface area contributed by atoms with Gasteiger partial charge in [-0.2, -0.15) is 10.5 Å². The monoisotopic (exact) mass is 464 g/mol. The third-order valence-electron chi connectivity index (χ3n) is 5.69. The molecule has 9 nitrogen and oxygen atoms in total. The number of allylic oxidation sites excluding steroid dienone is 2. The van der Waals surface area contributed by atoms with Crippen LogP contribution in [0.15, 0.2) is 58.5 Å². The van der Waals surface area contributed by atoms with Gasteiger partial charge in [0.1, 0.15) is 12.1 Å². The van der Waals surface area contributed by atoms with E-state index in [-0.39, 0.29) is 33.9 Å². The van der Waals surface area contributed by atoms with E-state index in [1.54, 1.807) is 13.0 Å². The van der Waals surface area contributed by atoms with Gasteiger partial charge < -0.3 is 10.2 Å². The lowest BCUT2D eigenvalue weighted by Gasteiger charge is -2.35. The normalized spacial score (nSPS) is 16.2. The molecule has 1 unspecified atom stereocenters. The molecule has 11 heteroatoms. The summed E-state index contributed by atoms with van der Waals surface area (Å²) in [4.78, 5) is 14.3. The van der Waals surface area contributed by atoms with Crippen LogP contribution >= 0.6 is 0 Å². The van der Waals surface area contributed by atoms with E-state index in [4.69, 9.17) is 0 Å². The third-order valence-corrected chi connectivity index (χ3v) is 5.69. The molecule has 3 aromatic rings. The smallest absolute Gasteiger partial charge is 0.345 e. The lowest BCUT2D eigenvalue weighted by atomic mass is 9.89. The molecule has 0 fully saturated rings. The molecule has 34 heavy (non-hydrogen) atoms. The predicted octanol–water partition coefficient (Wildman–Crippen LogP) is 2.95. The number of aromatic nitrogens is 3. The quantitative estimate of drug-likeness (QED) is 0.527. The van der Waals surface area contributed by atoms with Gasteiger partial charge in [0.05, 0.1) is 29.9 Å². The number of H-pyrrole nitrogens is 1. The van der Waals surface area contributed by atoms with Gasteiger partial charge in [0.25, 0.3) is 6.43 Å². The Labute approximate surface area is 192 Å². The zero-order valence-electron chi connectivity index (χ0n) is 17.8. The zero-order chi connectivity index (χ0) is 24.6. The van der Waals surface area contributed by atoms with Crippen LogP contribution in [0.25, 0.3) is 0 Å². The first-order valence-electron chi connectivity index (χ1n) is 10.1. The van der Waals surface area contributed by atoms with Crippen molar-refractivity contribution in [3.05, 3.63) is 86.5 Å². The van der Waals surface area contributed by atoms with E-state index in [1.165, 1.54) is 45.9 Å². The highest BCUT2D eigenvalue weighted by atomic mass is 19.3. The van der Waals surface area contributed by atoms with Crippen LogP contribution in [0.5, 0.6) is 0 Å². The van der Waals surface area contributed by atoms with Gasteiger partial charge in [0.2, 0.25) is 5.95 Å². The lowest BCUT2D eigenvalue weighted by Crippen LogP contribution is -2.35. The SMILES string of the molecule is CC1=C(C#N)[C@H](c2ccc(C#N)cc2C(O)CO)n2c(n[nH]c2=O)N1c1cccc(C(F)F)c1. The summed E-state index contributed by atoms with van der Waals surface area (Å²) in [6.45, 7) is 0.938. The van der Waals surface area contributed by atoms with Crippen molar-refractivity contribution in [2.75, 3.05) is 11.5 Å². The van der Waals surface area contributed by atoms with E-state index >= 15 is 0 Å². The molecule has 1 aromatic heterocycles. The van der Waals surface area contributed by atoms with Crippen LogP contribution in [0.2, 0.25) is 0 Å². The maximum Gasteiger partial charge on any atom is 0.345 e. The van der Waals surface area contributed by atoms with E-state index < -0.39 is 30.9 Å². The number of aliphatic hydroxyl groups is 2. The van der Waals surface area contributed by atoms with Crippen molar-refractivity contribution in [1.82, 2.24) is 14.8 Å². The maximum absolute atomic E-state index is 13.3. The highest BCUT2D eigenvalue weighted by molar-refractivity contribution is 5.69. The summed E-state index contributed by atoms with van der Waals surface area (Å²) in [7, 11) is 0. The summed E-state index contributed by atoms with van der Waals surface area (Å²) >= 11 is 0. The minimum atomic E-state index is -2.72. The van der Waals surface area contributed by atoms with Crippen molar-refractivity contribution in [3.63, 3.8) is 0 Å². The standard InChI is InChI=1S/C23H18F2N6O3/c1-12-18(10-27)20(16-6-5-13(9-26)7-17(16)19(33)11-32)31-22(28-29-23(31)34)30(12)15-4-2-3-14(8-15)21(24)25/h2-8,19-21,32-33H,11H2,1H3,(H,29,34)/t19?,20-/m0/s1. The number of benzene rings is 2. The Balaban J connectivity index is 2.00. The lowest BCUT2D eigenvalue weighted by molar-refractivity contribution is 0.0946. The Morgan fingerprint density at radius 2 is 1.97 bits per heavy atom. The Bertz CT molecular complexity index is 1430. The van der Waals surface area contributed by atoms with E-state index in [0.29, 0.717) is 11.3 Å². The van der Waals surface area contributed by atoms with E-state index in [1.807, 2.05) is 6.07 Å². The Hall–Kier alpha value is -4.32. The number of fused-ring (bicyclic) bond motifs is 1. The van der Waals surface area contributed by atoms with Gasteiger partial charge in [0, 0.05) is 16.9 Å². The molecule has 2 atom stereocenters. The average Bonchev–Trinajstić information content (AvgIpc) is 3.23. The van der Waals surface area contributed by atoms with Gasteiger partial charge in [-0.05, 0) is 42.3 Å². The maximum atomic E-state index is 13.3. The van der Waals surface area contributed by atoms with Crippen LogP contribution in [-0.4, -0.2) is 31.6 Å². The average molecular weight is 464 g/mol. The summed E-state index contributed by atoms with van der Waals surface area (Å²) in [6.07, 6.45) is -4.10. The molecular weight excluding hydrogens is 446 g/mol. The van der Waals surface area contributed by atoms with E-state index in [2.05, 4.69) is 16.3 Å². The summed E-state index contributed by atoms with van der Waals surface area (Å²) in [5.41, 5.74) is 0.471. The van der Waals surface area contributed by atoms with Crippen LogP contribution in [0, 0.1) is 22.7 Å². The second-order valence-electron chi connectivity index (χ2n) is 7.60. The summed E-state index contributed by atoms with van der Waals surface area (Å²) in [5, 5.41) is 45.7. The summed E-state index contributed by atoms with van der Waals surface area (Å²) in [5.74, 6) is 0.0479. The van der Waals surface area contributed by atoms with Gasteiger partial charge in [-0.1, -0.05) is 18.2 Å². The van der Waals surface area contributed by atoms with Crippen molar-refractivity contribution in [2.45, 2.75) is 25.5 Å². The molecule has 0 radical (unpaired) electrons. The molecule has 3 N–H and O–H groups in total. The molecule has 2 heterocycles. The van der Waals surface area contributed by atoms with Gasteiger partial charge >= 0.3 is 5.69 Å². The number of alkyl halides is 2. The first-order valence-corrected chi connectivity index (χ1v) is 10.1. The highest BCUT2D eigenvalue weighted by Crippen LogP contribution is 2.43. The fourth-order valence-electron chi connectivity index (χ4n) is 4.11. The Morgan fingerprint density at radius 3 is 2.62 bits per heavy atom. The van der Waals surface area contributed by atoms with Crippen LogP contribution in [0.4, 0.5) is 20.4 Å². The molecule has 4 rings (SSSR count). The minimum absolute atomic E-state index is 0.0479. The minimum Gasteiger partial charge on any atom is -0.393 e. The molecule has 172 valence electrons. The van der Waals surface area contributed by atoms with Crippen LogP contribution in [-0.2, 0) is 0 Å². The fraction of sp³-hybridized carbons (Fsp3) is 0.217. The number of nitriles is 2. The zero-order valence-corrected chi connectivity index (χ0v) is 17.8. The Morgan fingerprint density at radius 1 is 1.21 bits per heavy atom. The molecule has 0 aliphatic carbocycles. The second-order valence-corrected chi connectivity index (χ2v) is 7.60. The second kappa shape index (κ2) is 8.90. The molecule has 0 amide bonds. The van der Waals surface area contributed by atoms with Gasteiger partial charge in [-0.25, -0.2) is 23.2 Å². The number of hydrogen-bond acceptors (Lipinski definition) is 7. The number of hydrogen-bond donors (Lipinski definition) is 3. The number of anilines is 2. The number of aliphatic hydroxyl groups excluding tert-OH is 2. The summed E-state index contributed by atoms with van der Waals surface area (Å²) < 4.78 is 27.8. The van der Waals surface area contributed by atoms with Crippen molar-refractivity contribution >= 4 is 11.6 Å². The van der Waals surface area contributed by atoms with Crippen molar-refractivity contribution < 1.29 is 19.0 Å². The number of rotatable bonds is 5. The van der Waals surface area contributed by atoms with Gasteiger partial charge in [0.15, 0.2) is 0 Å². The molecule has 0 bridgehead atoms. The molecule has 2 aromatic carbocycles. The van der Waals surface area contributed by atoms with Crippen molar-refractivity contribution in [2.24, 2.45) is 0 Å². The largest absolute Gasteiger partial charge is 0.393 e. The van der Waals surface area contributed by atoms with Crippen molar-refractivity contribution in [3.8, 4) is 12.1 Å². The molecule has 1 aliphatic heterocycles. The molecular formula is C23H18F2N6O3. The number of halogens is 2. The number of nitrogens with zero attached hydrogens (tertiary/aromatic N) is 5. The van der Waals surface area contributed by atoms with Crippen molar-refractivity contribution in [1.29, 1.82) is 10.5 Å². The van der Waals surface area contributed by atoms with E-state index in [9.17, 15) is 34.3 Å². The van der Waals surface area contributed by atoms with Crippen LogP contribution < -0.4 is 10.6 Å². The van der Waals surface area contributed by atoms with Gasteiger partial charge in [-0.3, -0.25) is 4.90 Å². The molecule has 0 saturated carbocycles. The first-order chi connectivity index (χ1) is 16.3. The number of aromatic amines is 1. The van der Waals surface area contributed by atoms with Gasteiger partial charge in [-0.15, -0.1) is 5.10 Å². The summed E-state index contributed by atoms with van der Waals surface area (Å²) in [6, 6.07) is 12.8. The first kappa shape index (κ1) is 22.9. The number of nitrogens with one attached hydrogen (secondary N) is 1. The molecule has 0 spiro atoms. The molecule has 1 aliphatic rings. The highest BCUT2D eigenvalue weighted by Gasteiger charge is 2.37. The van der Waals surface area contributed by atoms with E-state index in [0.717, 1.165) is 0 Å².